The molecule has 0 spiro atoms. The molecule has 0 aliphatic heterocycles. The van der Waals surface area contributed by atoms with Crippen molar-refractivity contribution in [3.8, 4) is 17.5 Å². The monoisotopic (exact) mass is 250 g/mol. The van der Waals surface area contributed by atoms with Gasteiger partial charge in [0.25, 0.3) is 0 Å². The average molecular weight is 250 g/mol. The first-order valence-electron chi connectivity index (χ1n) is 5.68. The van der Waals surface area contributed by atoms with Crippen LogP contribution in [0.25, 0.3) is 22.3 Å². The summed E-state index contributed by atoms with van der Waals surface area (Å²) in [5.74, 6) is 0.435. The van der Waals surface area contributed by atoms with Crippen LogP contribution < -0.4 is 5.32 Å². The van der Waals surface area contributed by atoms with Crippen molar-refractivity contribution in [3.63, 3.8) is 0 Å². The lowest BCUT2D eigenvalue weighted by molar-refractivity contribution is 0.947. The van der Waals surface area contributed by atoms with Gasteiger partial charge < -0.3 is 4.57 Å². The van der Waals surface area contributed by atoms with Gasteiger partial charge in [-0.3, -0.25) is 5.32 Å². The van der Waals surface area contributed by atoms with E-state index in [1.807, 2.05) is 35.9 Å². The lowest BCUT2D eigenvalue weighted by Gasteiger charge is -2.01. The molecule has 0 radical (unpaired) electrons. The molecule has 19 heavy (non-hydrogen) atoms. The molecule has 0 fully saturated rings. The van der Waals surface area contributed by atoms with Gasteiger partial charge in [0.2, 0.25) is 0 Å². The zero-order chi connectivity index (χ0) is 13.2. The number of nitrogens with one attached hydrogen (secondary N) is 1. The molecule has 0 unspecified atom stereocenters. The Morgan fingerprint density at radius 3 is 2.84 bits per heavy atom. The Hall–Kier alpha value is -2.94. The molecule has 1 N–H and O–H groups in total. The van der Waals surface area contributed by atoms with Gasteiger partial charge in [-0.25, -0.2) is 4.98 Å². The smallest absolute Gasteiger partial charge is 0.182 e. The number of aryl methyl sites for hydroxylation is 1. The first kappa shape index (κ1) is 11.2. The van der Waals surface area contributed by atoms with Crippen molar-refractivity contribution in [2.75, 3.05) is 5.32 Å². The minimum Gasteiger partial charge on any atom is -0.334 e. The summed E-state index contributed by atoms with van der Waals surface area (Å²) >= 11 is 0. The van der Waals surface area contributed by atoms with Crippen LogP contribution in [0.15, 0.2) is 36.7 Å². The van der Waals surface area contributed by atoms with E-state index in [1.165, 1.54) is 0 Å². The minimum atomic E-state index is 0.435. The molecule has 2 heterocycles. The van der Waals surface area contributed by atoms with Crippen molar-refractivity contribution in [1.29, 1.82) is 5.26 Å². The molecule has 3 rings (SSSR count). The van der Waals surface area contributed by atoms with E-state index in [-0.39, 0.29) is 0 Å². The summed E-state index contributed by atoms with van der Waals surface area (Å²) in [5.41, 5.74) is 3.68. The molecule has 1 aromatic carbocycles. The second-order valence-electron chi connectivity index (χ2n) is 4.10. The summed E-state index contributed by atoms with van der Waals surface area (Å²) in [7, 11) is 1.96. The van der Waals surface area contributed by atoms with Crippen molar-refractivity contribution >= 4 is 16.9 Å². The standard InChI is InChI=1S/C13H10N6/c1-19-8-16-11-6-9(2-4-12(11)19)10-3-5-13(15-7-14)18-17-10/h2-6,8H,1H3,(H,15,18). The molecule has 0 aliphatic rings. The van der Waals surface area contributed by atoms with Gasteiger partial charge in [-0.1, -0.05) is 6.07 Å². The third-order valence-corrected chi connectivity index (χ3v) is 2.87. The lowest BCUT2D eigenvalue weighted by Crippen LogP contribution is -1.94. The molecule has 3 aromatic rings. The highest BCUT2D eigenvalue weighted by Crippen LogP contribution is 2.22. The number of benzene rings is 1. The Morgan fingerprint density at radius 1 is 1.21 bits per heavy atom. The third-order valence-electron chi connectivity index (χ3n) is 2.87. The normalized spacial score (nSPS) is 10.3. The van der Waals surface area contributed by atoms with Crippen LogP contribution in [0, 0.1) is 11.5 Å². The molecular formula is C13H10N6. The predicted octanol–water partition coefficient (Wildman–Crippen LogP) is 1.92. The molecule has 0 saturated heterocycles. The average Bonchev–Trinajstić information content (AvgIpc) is 2.81. The van der Waals surface area contributed by atoms with Gasteiger partial charge in [0.1, 0.15) is 0 Å². The van der Waals surface area contributed by atoms with Crippen molar-refractivity contribution in [2.24, 2.45) is 7.05 Å². The highest BCUT2D eigenvalue weighted by Gasteiger charge is 2.05. The Labute approximate surface area is 109 Å². The number of anilines is 1. The SMILES string of the molecule is Cn1cnc2cc(-c3ccc(NC#N)nn3)ccc21. The van der Waals surface area contributed by atoms with Crippen molar-refractivity contribution in [2.45, 2.75) is 0 Å². The zero-order valence-corrected chi connectivity index (χ0v) is 10.2. The van der Waals surface area contributed by atoms with Crippen molar-refractivity contribution in [1.82, 2.24) is 19.7 Å². The molecule has 0 aliphatic carbocycles. The summed E-state index contributed by atoms with van der Waals surface area (Å²) in [6.45, 7) is 0. The van der Waals surface area contributed by atoms with Crippen molar-refractivity contribution < 1.29 is 0 Å². The molecular weight excluding hydrogens is 240 g/mol. The summed E-state index contributed by atoms with van der Waals surface area (Å²) in [6, 6.07) is 9.48. The predicted molar refractivity (Wildman–Crippen MR) is 71.0 cm³/mol. The second kappa shape index (κ2) is 4.38. The molecule has 92 valence electrons. The van der Waals surface area contributed by atoms with Crippen LogP contribution in [0.1, 0.15) is 0 Å². The number of nitrogens with zero attached hydrogens (tertiary/aromatic N) is 5. The van der Waals surface area contributed by atoms with Crippen LogP contribution in [-0.2, 0) is 7.05 Å². The Kier molecular flexibility index (Phi) is 2.58. The fraction of sp³-hybridized carbons (Fsp3) is 0.0769. The van der Waals surface area contributed by atoms with Crippen molar-refractivity contribution in [3.05, 3.63) is 36.7 Å². The highest BCUT2D eigenvalue weighted by atomic mass is 15.2. The Morgan fingerprint density at radius 2 is 2.11 bits per heavy atom. The maximum atomic E-state index is 8.49. The summed E-state index contributed by atoms with van der Waals surface area (Å²) in [5, 5.41) is 18.9. The largest absolute Gasteiger partial charge is 0.334 e. The highest BCUT2D eigenvalue weighted by molar-refractivity contribution is 5.81. The second-order valence-corrected chi connectivity index (χ2v) is 4.10. The fourth-order valence-electron chi connectivity index (χ4n) is 1.91. The van der Waals surface area contributed by atoms with Gasteiger partial charge in [-0.15, -0.1) is 10.2 Å². The number of aromatic nitrogens is 4. The number of rotatable bonds is 2. The summed E-state index contributed by atoms with van der Waals surface area (Å²) < 4.78 is 1.96. The minimum absolute atomic E-state index is 0.435. The third kappa shape index (κ3) is 1.98. The van der Waals surface area contributed by atoms with Crippen LogP contribution in [0.3, 0.4) is 0 Å². The number of nitriles is 1. The van der Waals surface area contributed by atoms with Crippen LogP contribution in [0.4, 0.5) is 5.82 Å². The molecule has 6 heteroatoms. The molecule has 0 bridgehead atoms. The molecule has 6 nitrogen and oxygen atoms in total. The molecule has 2 aromatic heterocycles. The van der Waals surface area contributed by atoms with Gasteiger partial charge in [0.05, 0.1) is 23.1 Å². The number of fused-ring (bicyclic) bond motifs is 1. The first-order chi connectivity index (χ1) is 9.28. The number of imidazole rings is 1. The summed E-state index contributed by atoms with van der Waals surface area (Å²) in [6.07, 6.45) is 3.58. The zero-order valence-electron chi connectivity index (χ0n) is 10.2. The molecule has 0 atom stereocenters. The van der Waals surface area contributed by atoms with E-state index in [0.29, 0.717) is 5.82 Å². The van der Waals surface area contributed by atoms with E-state index in [1.54, 1.807) is 18.6 Å². The summed E-state index contributed by atoms with van der Waals surface area (Å²) in [4.78, 5) is 4.31. The van der Waals surface area contributed by atoms with Crippen LogP contribution >= 0.6 is 0 Å². The van der Waals surface area contributed by atoms with E-state index < -0.39 is 0 Å². The molecule has 0 saturated carbocycles. The van der Waals surface area contributed by atoms with E-state index in [9.17, 15) is 0 Å². The topological polar surface area (TPSA) is 79.4 Å². The van der Waals surface area contributed by atoms with E-state index >= 15 is 0 Å². The maximum Gasteiger partial charge on any atom is 0.182 e. The number of hydrogen-bond donors (Lipinski definition) is 1. The quantitative estimate of drug-likeness (QED) is 0.555. The van der Waals surface area contributed by atoms with Gasteiger partial charge >= 0.3 is 0 Å². The van der Waals surface area contributed by atoms with Gasteiger partial charge in [-0.05, 0) is 24.3 Å². The van der Waals surface area contributed by atoms with Gasteiger partial charge in [0.15, 0.2) is 12.0 Å². The fourth-order valence-corrected chi connectivity index (χ4v) is 1.91. The van der Waals surface area contributed by atoms with E-state index in [4.69, 9.17) is 5.26 Å². The van der Waals surface area contributed by atoms with Gasteiger partial charge in [0, 0.05) is 12.6 Å². The van der Waals surface area contributed by atoms with E-state index in [2.05, 4.69) is 20.5 Å². The Bertz CT molecular complexity index is 766. The molecule has 0 amide bonds. The lowest BCUT2D eigenvalue weighted by atomic mass is 10.1. The van der Waals surface area contributed by atoms with Crippen LogP contribution in [-0.4, -0.2) is 19.7 Å². The van der Waals surface area contributed by atoms with Gasteiger partial charge in [-0.2, -0.15) is 5.26 Å². The maximum absolute atomic E-state index is 8.49. The number of hydrogen-bond acceptors (Lipinski definition) is 5. The van der Waals surface area contributed by atoms with E-state index in [0.717, 1.165) is 22.3 Å². The first-order valence-corrected chi connectivity index (χ1v) is 5.68. The van der Waals surface area contributed by atoms with Crippen LogP contribution in [0.5, 0.6) is 0 Å². The Balaban J connectivity index is 2.01. The van der Waals surface area contributed by atoms with Crippen LogP contribution in [0.2, 0.25) is 0 Å².